The number of carbonyl (C=O) groups is 1. The van der Waals surface area contributed by atoms with Gasteiger partial charge in [0.1, 0.15) is 23.5 Å². The zero-order valence-electron chi connectivity index (χ0n) is 19.3. The number of nitrogens with one attached hydrogen (secondary N) is 2. The summed E-state index contributed by atoms with van der Waals surface area (Å²) >= 11 is 5.89. The van der Waals surface area contributed by atoms with E-state index in [0.29, 0.717) is 16.4 Å². The SMILES string of the molecule is N=C1CN(C(=O)c2ccc(F)cc2OC2CCN([C@H]3CCC[C@@H]3O)CC2)C/C1=C1\N=CC(Cl)=CN1. The number of nitrogens with zero attached hydrogens (tertiary/aromatic N) is 3. The third-order valence-electron chi connectivity index (χ3n) is 7.16. The van der Waals surface area contributed by atoms with Crippen LogP contribution in [0.2, 0.25) is 0 Å². The third-order valence-corrected chi connectivity index (χ3v) is 7.36. The maximum absolute atomic E-state index is 14.1. The summed E-state index contributed by atoms with van der Waals surface area (Å²) in [6.45, 7) is 1.95. The topological polar surface area (TPSA) is 101 Å². The van der Waals surface area contributed by atoms with E-state index in [4.69, 9.17) is 21.7 Å². The van der Waals surface area contributed by atoms with Gasteiger partial charge in [0.25, 0.3) is 5.91 Å². The lowest BCUT2D eigenvalue weighted by atomic mass is 10.0. The van der Waals surface area contributed by atoms with E-state index in [0.717, 1.165) is 45.2 Å². The van der Waals surface area contributed by atoms with E-state index in [-0.39, 0.29) is 54.3 Å². The Kier molecular flexibility index (Phi) is 6.91. The highest BCUT2D eigenvalue weighted by molar-refractivity contribution is 6.39. The summed E-state index contributed by atoms with van der Waals surface area (Å²) in [7, 11) is 0. The molecule has 1 saturated carbocycles. The quantitative estimate of drug-likeness (QED) is 0.588. The molecule has 0 bridgehead atoms. The highest BCUT2D eigenvalue weighted by atomic mass is 35.5. The molecular formula is C25H29ClFN5O3. The summed E-state index contributed by atoms with van der Waals surface area (Å²) in [5, 5.41) is 22.0. The van der Waals surface area contributed by atoms with Crippen molar-refractivity contribution in [3.05, 3.63) is 52.2 Å². The average molecular weight is 502 g/mol. The number of aliphatic hydroxyl groups is 1. The van der Waals surface area contributed by atoms with Crippen LogP contribution in [-0.4, -0.2) is 77.2 Å². The van der Waals surface area contributed by atoms with Crippen molar-refractivity contribution in [2.45, 2.75) is 50.4 Å². The second kappa shape index (κ2) is 10.1. The molecule has 35 heavy (non-hydrogen) atoms. The van der Waals surface area contributed by atoms with Crippen LogP contribution < -0.4 is 10.1 Å². The van der Waals surface area contributed by atoms with Crippen LogP contribution in [0.15, 0.2) is 45.8 Å². The summed E-state index contributed by atoms with van der Waals surface area (Å²) in [5.41, 5.74) is 1.18. The number of allylic oxidation sites excluding steroid dienone is 1. The first-order valence-electron chi connectivity index (χ1n) is 12.0. The van der Waals surface area contributed by atoms with E-state index >= 15 is 0 Å². The molecule has 3 N–H and O–H groups in total. The lowest BCUT2D eigenvalue weighted by Gasteiger charge is -2.37. The highest BCUT2D eigenvalue weighted by Gasteiger charge is 2.35. The Bertz CT molecular complexity index is 1110. The molecular weight excluding hydrogens is 473 g/mol. The van der Waals surface area contributed by atoms with E-state index in [1.165, 1.54) is 29.3 Å². The Morgan fingerprint density at radius 3 is 2.71 bits per heavy atom. The van der Waals surface area contributed by atoms with Crippen molar-refractivity contribution in [2.75, 3.05) is 26.2 Å². The first-order valence-corrected chi connectivity index (χ1v) is 12.4. The van der Waals surface area contributed by atoms with Crippen molar-refractivity contribution in [1.82, 2.24) is 15.1 Å². The fourth-order valence-corrected chi connectivity index (χ4v) is 5.39. The minimum atomic E-state index is -0.468. The molecule has 0 aromatic heterocycles. The van der Waals surface area contributed by atoms with Crippen molar-refractivity contribution < 1.29 is 19.0 Å². The summed E-state index contributed by atoms with van der Waals surface area (Å²) in [5.74, 6) is -0.0698. The molecule has 1 aliphatic carbocycles. The van der Waals surface area contributed by atoms with E-state index in [2.05, 4.69) is 15.2 Å². The van der Waals surface area contributed by atoms with Gasteiger partial charge in [-0.15, -0.1) is 0 Å². The van der Waals surface area contributed by atoms with Gasteiger partial charge < -0.3 is 25.5 Å². The first-order chi connectivity index (χ1) is 16.9. The van der Waals surface area contributed by atoms with Crippen molar-refractivity contribution in [2.24, 2.45) is 4.99 Å². The van der Waals surface area contributed by atoms with E-state index in [1.807, 2.05) is 0 Å². The predicted molar refractivity (Wildman–Crippen MR) is 131 cm³/mol. The number of hydrogen-bond donors (Lipinski definition) is 3. The number of halogens is 2. The molecule has 1 amide bonds. The Hall–Kier alpha value is -2.75. The van der Waals surface area contributed by atoms with Gasteiger partial charge in [0.15, 0.2) is 0 Å². The number of carbonyl (C=O) groups excluding carboxylic acids is 1. The van der Waals surface area contributed by atoms with Gasteiger partial charge in [0.05, 0.1) is 35.5 Å². The van der Waals surface area contributed by atoms with Crippen LogP contribution in [0.5, 0.6) is 5.75 Å². The molecule has 3 aliphatic heterocycles. The largest absolute Gasteiger partial charge is 0.489 e. The number of ether oxygens (including phenoxy) is 1. The zero-order valence-corrected chi connectivity index (χ0v) is 20.1. The van der Waals surface area contributed by atoms with E-state index in [9.17, 15) is 14.3 Å². The Balaban J connectivity index is 1.27. The van der Waals surface area contributed by atoms with E-state index in [1.54, 1.807) is 6.20 Å². The standard InChI is InChI=1S/C25H29ClFN5O3/c26-15-11-29-24(30-12-15)19-13-32(14-20(19)28)25(34)18-5-4-16(27)10-23(18)35-17-6-8-31(9-7-17)21-2-1-3-22(21)33/h4-5,10-12,17,21-22,28-29,33H,1-3,6-9,13-14H2/b24-19+,28-20?/t21-,22-/m0/s1. The lowest BCUT2D eigenvalue weighted by Crippen LogP contribution is -2.47. The molecule has 3 fully saturated rings. The summed E-state index contributed by atoms with van der Waals surface area (Å²) in [6.07, 6.45) is 7.09. The number of benzene rings is 1. The van der Waals surface area contributed by atoms with Crippen LogP contribution in [0.4, 0.5) is 4.39 Å². The van der Waals surface area contributed by atoms with Gasteiger partial charge in [-0.3, -0.25) is 9.69 Å². The van der Waals surface area contributed by atoms with Gasteiger partial charge >= 0.3 is 0 Å². The Morgan fingerprint density at radius 2 is 2.03 bits per heavy atom. The smallest absolute Gasteiger partial charge is 0.258 e. The number of aliphatic hydroxyl groups excluding tert-OH is 1. The zero-order chi connectivity index (χ0) is 24.5. The summed E-state index contributed by atoms with van der Waals surface area (Å²) < 4.78 is 20.3. The Labute approximate surface area is 208 Å². The fourth-order valence-electron chi connectivity index (χ4n) is 5.29. The molecule has 4 aliphatic rings. The number of likely N-dealkylation sites (tertiary alicyclic amines) is 2. The number of amides is 1. The molecule has 1 aromatic carbocycles. The summed E-state index contributed by atoms with van der Waals surface area (Å²) in [4.78, 5) is 21.5. The highest BCUT2D eigenvalue weighted by Crippen LogP contribution is 2.30. The van der Waals surface area contributed by atoms with Gasteiger partial charge in [-0.25, -0.2) is 9.38 Å². The van der Waals surface area contributed by atoms with Crippen LogP contribution >= 0.6 is 11.6 Å². The number of rotatable bonds is 4. The second-order valence-corrected chi connectivity index (χ2v) is 9.89. The molecule has 2 atom stereocenters. The summed E-state index contributed by atoms with van der Waals surface area (Å²) in [6, 6.07) is 4.18. The van der Waals surface area contributed by atoms with Gasteiger partial charge in [-0.05, 0) is 44.2 Å². The first kappa shape index (κ1) is 24.0. The minimum Gasteiger partial charge on any atom is -0.489 e. The molecule has 8 nitrogen and oxygen atoms in total. The number of hydrogen-bond acceptors (Lipinski definition) is 7. The molecule has 186 valence electrons. The maximum atomic E-state index is 14.1. The van der Waals surface area contributed by atoms with Gasteiger partial charge in [0, 0.05) is 43.2 Å². The lowest BCUT2D eigenvalue weighted by molar-refractivity contribution is 0.0281. The number of aliphatic imine (C=N–C) groups is 1. The van der Waals surface area contributed by atoms with Crippen LogP contribution in [0.3, 0.4) is 0 Å². The monoisotopic (exact) mass is 501 g/mol. The van der Waals surface area contributed by atoms with Crippen LogP contribution in [0.1, 0.15) is 42.5 Å². The molecule has 3 heterocycles. The van der Waals surface area contributed by atoms with Gasteiger partial charge in [-0.2, -0.15) is 0 Å². The Morgan fingerprint density at radius 1 is 1.23 bits per heavy atom. The van der Waals surface area contributed by atoms with Crippen molar-refractivity contribution >= 4 is 29.4 Å². The van der Waals surface area contributed by atoms with Crippen molar-refractivity contribution in [3.63, 3.8) is 0 Å². The molecule has 5 rings (SSSR count). The van der Waals surface area contributed by atoms with Crippen LogP contribution in [0.25, 0.3) is 0 Å². The van der Waals surface area contributed by atoms with Crippen LogP contribution in [0, 0.1) is 11.2 Å². The van der Waals surface area contributed by atoms with E-state index < -0.39 is 5.82 Å². The fraction of sp³-hybridized carbons (Fsp3) is 0.480. The normalized spacial score (nSPS) is 27.8. The molecule has 0 radical (unpaired) electrons. The van der Waals surface area contributed by atoms with Crippen LogP contribution in [-0.2, 0) is 0 Å². The van der Waals surface area contributed by atoms with Crippen molar-refractivity contribution in [1.29, 1.82) is 5.41 Å². The average Bonchev–Trinajstić information content (AvgIpc) is 3.45. The molecule has 2 saturated heterocycles. The molecule has 1 aromatic rings. The van der Waals surface area contributed by atoms with Gasteiger partial charge in [-0.1, -0.05) is 11.6 Å². The molecule has 0 unspecified atom stereocenters. The van der Waals surface area contributed by atoms with Gasteiger partial charge in [0.2, 0.25) is 0 Å². The predicted octanol–water partition coefficient (Wildman–Crippen LogP) is 3.02. The molecule has 0 spiro atoms. The molecule has 10 heteroatoms. The van der Waals surface area contributed by atoms with Crippen molar-refractivity contribution in [3.8, 4) is 5.75 Å². The number of piperidine rings is 1. The maximum Gasteiger partial charge on any atom is 0.258 e. The third kappa shape index (κ3) is 5.12. The minimum absolute atomic E-state index is 0.130. The second-order valence-electron chi connectivity index (χ2n) is 9.46.